The third-order valence-corrected chi connectivity index (χ3v) is 7.12. The van der Waals surface area contributed by atoms with Gasteiger partial charge in [-0.05, 0) is 37.2 Å². The van der Waals surface area contributed by atoms with E-state index >= 15 is 0 Å². The van der Waals surface area contributed by atoms with Crippen molar-refractivity contribution in [3.63, 3.8) is 0 Å². The van der Waals surface area contributed by atoms with Crippen LogP contribution in [0.2, 0.25) is 0 Å². The summed E-state index contributed by atoms with van der Waals surface area (Å²) < 4.78 is 34.3. The molecule has 8 heteroatoms. The molecule has 4 atom stereocenters. The van der Waals surface area contributed by atoms with Crippen LogP contribution in [0.1, 0.15) is 89.5 Å². The van der Waals surface area contributed by atoms with Gasteiger partial charge in [-0.1, -0.05) is 62.9 Å². The van der Waals surface area contributed by atoms with E-state index in [1.807, 2.05) is 37.3 Å². The van der Waals surface area contributed by atoms with Crippen LogP contribution in [0.15, 0.2) is 30.3 Å². The van der Waals surface area contributed by atoms with Crippen LogP contribution in [0.5, 0.6) is 0 Å². The van der Waals surface area contributed by atoms with Crippen LogP contribution in [0.25, 0.3) is 0 Å². The van der Waals surface area contributed by atoms with E-state index in [9.17, 15) is 23.5 Å². The van der Waals surface area contributed by atoms with E-state index < -0.39 is 30.2 Å². The third kappa shape index (κ3) is 8.62. The zero-order chi connectivity index (χ0) is 25.9. The number of aliphatic carboxylic acids is 1. The minimum absolute atomic E-state index is 0.0386. The summed E-state index contributed by atoms with van der Waals surface area (Å²) in [4.78, 5) is 22.8. The minimum Gasteiger partial charge on any atom is -0.481 e. The van der Waals surface area contributed by atoms with Crippen LogP contribution in [0.3, 0.4) is 0 Å². The normalized spacial score (nSPS) is 26.1. The molecule has 0 aromatic heterocycles. The van der Waals surface area contributed by atoms with Crippen LogP contribution in [-0.2, 0) is 20.9 Å². The number of nitrogens with two attached hydrogens (primary N) is 1. The summed E-state index contributed by atoms with van der Waals surface area (Å²) in [6.45, 7) is 2.46. The number of hydrogen-bond donors (Lipinski definition) is 3. The monoisotopic (exact) mass is 497 g/mol. The first-order valence-electron chi connectivity index (χ1n) is 12.9. The number of carbonyl (C=O) groups is 2. The summed E-state index contributed by atoms with van der Waals surface area (Å²) in [6.07, 6.45) is 4.17. The van der Waals surface area contributed by atoms with E-state index in [1.165, 1.54) is 5.56 Å². The molecule has 2 fully saturated rings. The van der Waals surface area contributed by atoms with E-state index in [1.54, 1.807) is 0 Å². The maximum absolute atomic E-state index is 14.4. The van der Waals surface area contributed by atoms with Gasteiger partial charge in [-0.15, -0.1) is 0 Å². The molecule has 198 valence electrons. The molecule has 1 aliphatic carbocycles. The average Bonchev–Trinajstić information content (AvgIpc) is 3.14. The Balaban J connectivity index is 0.000000456. The summed E-state index contributed by atoms with van der Waals surface area (Å²) in [6, 6.07) is 9.99. The Hall–Kier alpha value is -1.90. The lowest BCUT2D eigenvalue weighted by atomic mass is 9.81. The highest BCUT2D eigenvalue weighted by Gasteiger charge is 2.59. The highest BCUT2D eigenvalue weighted by atomic mass is 19.3. The standard InChI is InChI=1S/C20H32F2O5.C7H9N/c1-2-3-11-19(21,22)20(26)12-10-15-14(16(23)13-17(15)27-20)8-6-4-5-7-9-18(24)25;8-6-7-4-2-1-3-5-7/h14-15,17,26H,2-13H2,1H3,(H,24,25);1-5H,6,8H2/t14-,15-,17-,20-;/m1./s1. The number of halogens is 2. The van der Waals surface area contributed by atoms with Gasteiger partial charge in [-0.3, -0.25) is 9.59 Å². The van der Waals surface area contributed by atoms with Gasteiger partial charge < -0.3 is 20.7 Å². The van der Waals surface area contributed by atoms with Gasteiger partial charge >= 0.3 is 11.9 Å². The second-order valence-corrected chi connectivity index (χ2v) is 9.76. The van der Waals surface area contributed by atoms with E-state index in [0.29, 0.717) is 38.6 Å². The van der Waals surface area contributed by atoms with Crippen molar-refractivity contribution in [2.45, 2.75) is 108 Å². The number of fused-ring (bicyclic) bond motifs is 1. The van der Waals surface area contributed by atoms with Crippen LogP contribution < -0.4 is 5.73 Å². The van der Waals surface area contributed by atoms with Crippen molar-refractivity contribution in [3.05, 3.63) is 35.9 Å². The molecule has 1 aliphatic heterocycles. The molecule has 2 aliphatic rings. The largest absolute Gasteiger partial charge is 0.481 e. The molecule has 35 heavy (non-hydrogen) atoms. The van der Waals surface area contributed by atoms with Crippen LogP contribution in [0.4, 0.5) is 8.78 Å². The van der Waals surface area contributed by atoms with Gasteiger partial charge in [0.25, 0.3) is 0 Å². The molecule has 6 nitrogen and oxygen atoms in total. The Morgan fingerprint density at radius 1 is 1.17 bits per heavy atom. The number of unbranched alkanes of at least 4 members (excludes halogenated alkanes) is 4. The van der Waals surface area contributed by atoms with Crippen molar-refractivity contribution >= 4 is 11.8 Å². The van der Waals surface area contributed by atoms with Crippen LogP contribution in [-0.4, -0.2) is 39.8 Å². The fourth-order valence-corrected chi connectivity index (χ4v) is 5.03. The maximum atomic E-state index is 14.4. The molecular formula is C27H41F2NO5. The zero-order valence-corrected chi connectivity index (χ0v) is 20.8. The number of benzene rings is 1. The average molecular weight is 498 g/mol. The number of hydrogen-bond acceptors (Lipinski definition) is 5. The van der Waals surface area contributed by atoms with Crippen LogP contribution in [0, 0.1) is 11.8 Å². The molecule has 1 saturated heterocycles. The number of Topliss-reactive ketones (excluding diaryl/α,β-unsaturated/α-hetero) is 1. The van der Waals surface area contributed by atoms with Crippen LogP contribution >= 0.6 is 0 Å². The van der Waals surface area contributed by atoms with Gasteiger partial charge in [0.15, 0.2) is 0 Å². The Labute approximate surface area is 207 Å². The molecule has 1 saturated carbocycles. The first kappa shape index (κ1) is 29.3. The lowest BCUT2D eigenvalue weighted by Crippen LogP contribution is -2.55. The number of ketones is 1. The van der Waals surface area contributed by atoms with Gasteiger partial charge in [0, 0.05) is 38.1 Å². The van der Waals surface area contributed by atoms with E-state index in [4.69, 9.17) is 15.6 Å². The quantitative estimate of drug-likeness (QED) is 0.331. The van der Waals surface area contributed by atoms with E-state index in [2.05, 4.69) is 0 Å². The summed E-state index contributed by atoms with van der Waals surface area (Å²) in [5.74, 6) is -6.82. The Morgan fingerprint density at radius 3 is 2.46 bits per heavy atom. The first-order valence-corrected chi connectivity index (χ1v) is 12.9. The second-order valence-electron chi connectivity index (χ2n) is 9.76. The van der Waals surface area contributed by atoms with Gasteiger partial charge in [-0.2, -0.15) is 0 Å². The van der Waals surface area contributed by atoms with E-state index in [0.717, 1.165) is 19.3 Å². The number of carboxylic acids is 1. The molecule has 0 radical (unpaired) electrons. The molecule has 0 spiro atoms. The van der Waals surface area contributed by atoms with Crippen molar-refractivity contribution in [2.24, 2.45) is 17.6 Å². The SMILES string of the molecule is CCCCC(F)(F)[C@@]1(O)CC[C@H]2[C@@H](CC(=O)[C@@H]2CCCCCCC(=O)O)O1.NCc1ccccc1. The molecular weight excluding hydrogens is 456 g/mol. The highest BCUT2D eigenvalue weighted by molar-refractivity contribution is 5.84. The lowest BCUT2D eigenvalue weighted by molar-refractivity contribution is -0.356. The maximum Gasteiger partial charge on any atom is 0.303 e. The van der Waals surface area contributed by atoms with Crippen molar-refractivity contribution in [2.75, 3.05) is 0 Å². The second kappa shape index (κ2) is 14.0. The molecule has 1 heterocycles. The predicted octanol–water partition coefficient (Wildman–Crippen LogP) is 5.46. The molecule has 0 unspecified atom stereocenters. The summed E-state index contributed by atoms with van der Waals surface area (Å²) in [5, 5.41) is 19.1. The van der Waals surface area contributed by atoms with Crippen molar-refractivity contribution in [3.8, 4) is 0 Å². The van der Waals surface area contributed by atoms with Gasteiger partial charge in [0.05, 0.1) is 6.10 Å². The summed E-state index contributed by atoms with van der Waals surface area (Å²) in [7, 11) is 0. The van der Waals surface area contributed by atoms with Gasteiger partial charge in [0.2, 0.25) is 5.79 Å². The smallest absolute Gasteiger partial charge is 0.303 e. The summed E-state index contributed by atoms with van der Waals surface area (Å²) in [5.41, 5.74) is 6.54. The molecule has 1 aromatic rings. The molecule has 3 rings (SSSR count). The van der Waals surface area contributed by atoms with Gasteiger partial charge in [0.1, 0.15) is 5.78 Å². The van der Waals surface area contributed by atoms with Crippen molar-refractivity contribution in [1.82, 2.24) is 0 Å². The summed E-state index contributed by atoms with van der Waals surface area (Å²) >= 11 is 0. The van der Waals surface area contributed by atoms with E-state index in [-0.39, 0.29) is 36.9 Å². The zero-order valence-electron chi connectivity index (χ0n) is 20.8. The number of ether oxygens (including phenoxy) is 1. The third-order valence-electron chi connectivity index (χ3n) is 7.12. The van der Waals surface area contributed by atoms with Gasteiger partial charge in [-0.25, -0.2) is 8.78 Å². The highest BCUT2D eigenvalue weighted by Crippen LogP contribution is 2.49. The first-order chi connectivity index (χ1) is 16.6. The lowest BCUT2D eigenvalue weighted by Gasteiger charge is -2.43. The predicted molar refractivity (Wildman–Crippen MR) is 130 cm³/mol. The molecule has 1 aromatic carbocycles. The molecule has 0 bridgehead atoms. The van der Waals surface area contributed by atoms with Crippen molar-refractivity contribution in [1.29, 1.82) is 0 Å². The number of rotatable bonds is 12. The minimum atomic E-state index is -3.31. The number of carbonyl (C=O) groups excluding carboxylic acids is 1. The number of alkyl halides is 2. The number of carboxylic acid groups (broad SMARTS) is 1. The fourth-order valence-electron chi connectivity index (χ4n) is 5.03. The topological polar surface area (TPSA) is 110 Å². The fraction of sp³-hybridized carbons (Fsp3) is 0.704. The number of aliphatic hydroxyl groups is 1. The Bertz CT molecular complexity index is 791. The van der Waals surface area contributed by atoms with Crippen molar-refractivity contribution < 1.29 is 33.3 Å². The molecule has 0 amide bonds. The molecule has 4 N–H and O–H groups in total. The Morgan fingerprint density at radius 2 is 1.86 bits per heavy atom. The Kier molecular flexibility index (Phi) is 11.7.